The van der Waals surface area contributed by atoms with Crippen molar-refractivity contribution in [3.05, 3.63) is 41.8 Å². The molecule has 2 aromatic heterocycles. The van der Waals surface area contributed by atoms with E-state index in [1.807, 2.05) is 6.07 Å². The summed E-state index contributed by atoms with van der Waals surface area (Å²) < 4.78 is 14.1. The molecule has 1 saturated carbocycles. The molecule has 1 aliphatic rings. The van der Waals surface area contributed by atoms with Crippen LogP contribution < -0.4 is 5.32 Å². The van der Waals surface area contributed by atoms with Crippen LogP contribution in [0.2, 0.25) is 0 Å². The third-order valence-corrected chi connectivity index (χ3v) is 5.03. The van der Waals surface area contributed by atoms with E-state index in [9.17, 15) is 14.6 Å². The zero-order valence-electron chi connectivity index (χ0n) is 14.2. The number of halogens is 1. The van der Waals surface area contributed by atoms with Crippen molar-refractivity contribution in [1.82, 2.24) is 15.2 Å². The molecule has 7 heteroatoms. The molecule has 4 rings (SSSR count). The van der Waals surface area contributed by atoms with Gasteiger partial charge in [0.15, 0.2) is 11.5 Å². The number of hydrogen-bond acceptors (Lipinski definition) is 5. The lowest BCUT2D eigenvalue weighted by atomic mass is 9.93. The maximum absolute atomic E-state index is 14.1. The number of nitrogens with one attached hydrogen (secondary N) is 2. The van der Waals surface area contributed by atoms with Crippen LogP contribution >= 0.6 is 0 Å². The Labute approximate surface area is 150 Å². The first-order valence-corrected chi connectivity index (χ1v) is 8.83. The monoisotopic (exact) mass is 356 g/mol. The molecule has 3 aromatic rings. The Morgan fingerprint density at radius 3 is 2.73 bits per heavy atom. The van der Waals surface area contributed by atoms with E-state index < -0.39 is 5.82 Å². The van der Waals surface area contributed by atoms with E-state index in [-0.39, 0.29) is 24.3 Å². The molecule has 1 aromatic carbocycles. The summed E-state index contributed by atoms with van der Waals surface area (Å²) in [4.78, 5) is 4.32. The van der Waals surface area contributed by atoms with E-state index in [1.54, 1.807) is 18.3 Å². The number of pyridine rings is 1. The number of H-pyrrole nitrogens is 1. The normalized spacial score (nSPS) is 20.4. The number of aliphatic hydroxyl groups excluding tert-OH is 2. The van der Waals surface area contributed by atoms with Crippen LogP contribution in [0.3, 0.4) is 0 Å². The Bertz CT molecular complexity index is 919. The van der Waals surface area contributed by atoms with Crippen LogP contribution in [0, 0.1) is 5.82 Å². The van der Waals surface area contributed by atoms with Crippen LogP contribution in [0.1, 0.15) is 31.2 Å². The van der Waals surface area contributed by atoms with Gasteiger partial charge in [-0.2, -0.15) is 5.10 Å². The first-order valence-electron chi connectivity index (χ1n) is 8.83. The van der Waals surface area contributed by atoms with Gasteiger partial charge in [0.2, 0.25) is 0 Å². The largest absolute Gasteiger partial charge is 0.393 e. The molecule has 1 aliphatic carbocycles. The summed E-state index contributed by atoms with van der Waals surface area (Å²) in [5, 5.41) is 30.4. The van der Waals surface area contributed by atoms with Gasteiger partial charge in [-0.15, -0.1) is 0 Å². The van der Waals surface area contributed by atoms with E-state index in [0.29, 0.717) is 17.0 Å². The minimum absolute atomic E-state index is 0.214. The Hall–Kier alpha value is -2.51. The average Bonchev–Trinajstić information content (AvgIpc) is 3.06. The van der Waals surface area contributed by atoms with Crippen LogP contribution in [-0.2, 0) is 6.61 Å². The van der Waals surface area contributed by atoms with E-state index in [1.165, 1.54) is 6.07 Å². The van der Waals surface area contributed by atoms with Gasteiger partial charge in [0.1, 0.15) is 5.82 Å². The number of aliphatic hydroxyl groups is 2. The summed E-state index contributed by atoms with van der Waals surface area (Å²) in [6.45, 7) is -0.329. The molecule has 26 heavy (non-hydrogen) atoms. The van der Waals surface area contributed by atoms with Crippen molar-refractivity contribution in [2.24, 2.45) is 0 Å². The predicted molar refractivity (Wildman–Crippen MR) is 97.1 cm³/mol. The second-order valence-electron chi connectivity index (χ2n) is 6.77. The summed E-state index contributed by atoms with van der Waals surface area (Å²) in [6.07, 6.45) is 4.76. The number of rotatable bonds is 4. The Morgan fingerprint density at radius 2 is 2.00 bits per heavy atom. The molecule has 0 saturated heterocycles. The van der Waals surface area contributed by atoms with Gasteiger partial charge in [-0.25, -0.2) is 9.37 Å². The molecule has 1 fully saturated rings. The van der Waals surface area contributed by atoms with Crippen molar-refractivity contribution in [3.8, 4) is 11.1 Å². The van der Waals surface area contributed by atoms with Crippen molar-refractivity contribution in [2.75, 3.05) is 5.32 Å². The summed E-state index contributed by atoms with van der Waals surface area (Å²) >= 11 is 0. The third-order valence-electron chi connectivity index (χ3n) is 5.03. The topological polar surface area (TPSA) is 94.1 Å². The lowest BCUT2D eigenvalue weighted by Gasteiger charge is -2.26. The molecule has 0 aliphatic heterocycles. The van der Waals surface area contributed by atoms with Gasteiger partial charge >= 0.3 is 0 Å². The number of anilines is 1. The van der Waals surface area contributed by atoms with Crippen LogP contribution in [0.5, 0.6) is 0 Å². The zero-order chi connectivity index (χ0) is 18.1. The molecular weight excluding hydrogens is 335 g/mol. The van der Waals surface area contributed by atoms with E-state index in [4.69, 9.17) is 0 Å². The quantitative estimate of drug-likeness (QED) is 0.577. The molecule has 0 atom stereocenters. The highest BCUT2D eigenvalue weighted by Gasteiger charge is 2.22. The third kappa shape index (κ3) is 3.15. The van der Waals surface area contributed by atoms with Crippen molar-refractivity contribution in [1.29, 1.82) is 0 Å². The predicted octanol–water partition coefficient (Wildman–Crippen LogP) is 2.97. The standard InChI is InChI=1S/C19H21FN4O2/c20-16-9-11(1-2-12(16)10-25)15-7-8-21-18-17(15)19(24-23-18)22-13-3-5-14(26)6-4-13/h1-2,7-9,13-14,25-26H,3-6,10H2,(H2,21,22,23,24)/t13-,14-. The fourth-order valence-corrected chi connectivity index (χ4v) is 3.55. The van der Waals surface area contributed by atoms with Gasteiger partial charge < -0.3 is 15.5 Å². The van der Waals surface area contributed by atoms with E-state index >= 15 is 0 Å². The van der Waals surface area contributed by atoms with Gasteiger partial charge in [0, 0.05) is 17.8 Å². The minimum atomic E-state index is -0.436. The van der Waals surface area contributed by atoms with Crippen molar-refractivity contribution < 1.29 is 14.6 Å². The summed E-state index contributed by atoms with van der Waals surface area (Å²) in [7, 11) is 0. The summed E-state index contributed by atoms with van der Waals surface area (Å²) in [6, 6.07) is 6.88. The van der Waals surface area contributed by atoms with Gasteiger partial charge in [-0.1, -0.05) is 12.1 Å². The second-order valence-corrected chi connectivity index (χ2v) is 6.77. The molecule has 0 spiro atoms. The van der Waals surface area contributed by atoms with Gasteiger partial charge in [0.25, 0.3) is 0 Å². The Kier molecular flexibility index (Phi) is 4.57. The molecule has 6 nitrogen and oxygen atoms in total. The average molecular weight is 356 g/mol. The number of aromatic nitrogens is 3. The highest BCUT2D eigenvalue weighted by molar-refractivity contribution is 6.00. The second kappa shape index (κ2) is 7.01. The van der Waals surface area contributed by atoms with Gasteiger partial charge in [-0.05, 0) is 48.9 Å². The van der Waals surface area contributed by atoms with E-state index in [2.05, 4.69) is 20.5 Å². The molecule has 0 bridgehead atoms. The molecular formula is C19H21FN4O2. The SMILES string of the molecule is OCc1ccc(-c2ccnc3[nH]nc(N[C@H]4CC[C@H](O)CC4)c23)cc1F. The molecule has 0 unspecified atom stereocenters. The number of hydrogen-bond donors (Lipinski definition) is 4. The smallest absolute Gasteiger partial charge is 0.158 e. The van der Waals surface area contributed by atoms with Crippen molar-refractivity contribution >= 4 is 16.9 Å². The fraction of sp³-hybridized carbons (Fsp3) is 0.368. The van der Waals surface area contributed by atoms with Gasteiger partial charge in [0.05, 0.1) is 18.1 Å². The number of benzene rings is 1. The highest BCUT2D eigenvalue weighted by atomic mass is 19.1. The molecule has 2 heterocycles. The van der Waals surface area contributed by atoms with Crippen LogP contribution in [-0.4, -0.2) is 37.5 Å². The van der Waals surface area contributed by atoms with Crippen molar-refractivity contribution in [3.63, 3.8) is 0 Å². The Balaban J connectivity index is 1.71. The molecule has 0 radical (unpaired) electrons. The number of fused-ring (bicyclic) bond motifs is 1. The molecule has 0 amide bonds. The first kappa shape index (κ1) is 16.9. The van der Waals surface area contributed by atoms with Crippen molar-refractivity contribution in [2.45, 2.75) is 44.4 Å². The van der Waals surface area contributed by atoms with E-state index in [0.717, 1.165) is 36.6 Å². The fourth-order valence-electron chi connectivity index (χ4n) is 3.55. The highest BCUT2D eigenvalue weighted by Crippen LogP contribution is 2.33. The lowest BCUT2D eigenvalue weighted by molar-refractivity contribution is 0.126. The van der Waals surface area contributed by atoms with Crippen LogP contribution in [0.15, 0.2) is 30.5 Å². The number of nitrogens with zero attached hydrogens (tertiary/aromatic N) is 2. The zero-order valence-corrected chi connectivity index (χ0v) is 14.2. The summed E-state index contributed by atoms with van der Waals surface area (Å²) in [5.74, 6) is 0.255. The first-order chi connectivity index (χ1) is 12.7. The maximum atomic E-state index is 14.1. The molecule has 136 valence electrons. The maximum Gasteiger partial charge on any atom is 0.158 e. The minimum Gasteiger partial charge on any atom is -0.393 e. The van der Waals surface area contributed by atoms with Crippen LogP contribution in [0.25, 0.3) is 22.2 Å². The lowest BCUT2D eigenvalue weighted by Crippen LogP contribution is -2.28. The summed E-state index contributed by atoms with van der Waals surface area (Å²) in [5.41, 5.74) is 2.43. The number of aromatic amines is 1. The van der Waals surface area contributed by atoms with Crippen LogP contribution in [0.4, 0.5) is 10.2 Å². The molecule has 4 N–H and O–H groups in total. The Morgan fingerprint density at radius 1 is 1.19 bits per heavy atom. The van der Waals surface area contributed by atoms with Gasteiger partial charge in [-0.3, -0.25) is 5.10 Å².